The van der Waals surface area contributed by atoms with Crippen LogP contribution in [0.5, 0.6) is 0 Å². The van der Waals surface area contributed by atoms with E-state index in [0.29, 0.717) is 19.6 Å². The number of piperidine rings is 1. The molecule has 0 unspecified atom stereocenters. The molecule has 1 N–H and O–H groups in total. The Kier molecular flexibility index (Phi) is 6.12. The third-order valence-corrected chi connectivity index (χ3v) is 6.53. The van der Waals surface area contributed by atoms with Crippen molar-refractivity contribution < 1.29 is 14.0 Å². The summed E-state index contributed by atoms with van der Waals surface area (Å²) in [4.78, 5) is 29.4. The van der Waals surface area contributed by atoms with Gasteiger partial charge in [-0.15, -0.1) is 0 Å². The molecule has 0 radical (unpaired) electrons. The van der Waals surface area contributed by atoms with E-state index >= 15 is 0 Å². The van der Waals surface area contributed by atoms with E-state index < -0.39 is 0 Å². The second kappa shape index (κ2) is 8.92. The number of carbonyl (C=O) groups is 2. The molecule has 4 rings (SSSR count). The smallest absolute Gasteiger partial charge is 0.254 e. The molecule has 6 nitrogen and oxygen atoms in total. The molecule has 7 heteroatoms. The second-order valence-electron chi connectivity index (χ2n) is 7.60. The molecule has 2 aliphatic heterocycles. The van der Waals surface area contributed by atoms with Crippen LogP contribution in [0.4, 0.5) is 0 Å². The van der Waals surface area contributed by atoms with Crippen LogP contribution in [0.3, 0.4) is 0 Å². The Bertz CT molecular complexity index is 761. The van der Waals surface area contributed by atoms with Crippen molar-refractivity contribution >= 4 is 23.2 Å². The molecule has 2 aromatic rings. The van der Waals surface area contributed by atoms with E-state index in [-0.39, 0.29) is 23.8 Å². The van der Waals surface area contributed by atoms with Crippen LogP contribution in [-0.4, -0.2) is 54.3 Å². The van der Waals surface area contributed by atoms with E-state index in [9.17, 15) is 9.59 Å². The van der Waals surface area contributed by atoms with Crippen LogP contribution in [0.2, 0.25) is 0 Å². The van der Waals surface area contributed by atoms with Gasteiger partial charge in [0.2, 0.25) is 5.91 Å². The Hall–Kier alpha value is -2.12. The lowest BCUT2D eigenvalue weighted by Crippen LogP contribution is -2.44. The zero-order valence-corrected chi connectivity index (χ0v) is 16.8. The summed E-state index contributed by atoms with van der Waals surface area (Å²) in [6.07, 6.45) is 5.53. The van der Waals surface area contributed by atoms with Gasteiger partial charge in [0.1, 0.15) is 5.76 Å². The average Bonchev–Trinajstić information content (AvgIpc) is 3.51. The summed E-state index contributed by atoms with van der Waals surface area (Å²) in [5.74, 6) is 1.06. The van der Waals surface area contributed by atoms with Gasteiger partial charge >= 0.3 is 0 Å². The maximum atomic E-state index is 12.7. The summed E-state index contributed by atoms with van der Waals surface area (Å²) in [5.41, 5.74) is 0.750. The van der Waals surface area contributed by atoms with Crippen LogP contribution in [-0.2, 0) is 4.79 Å². The van der Waals surface area contributed by atoms with Crippen LogP contribution in [0.15, 0.2) is 39.6 Å². The fraction of sp³-hybridized carbons (Fsp3) is 0.524. The summed E-state index contributed by atoms with van der Waals surface area (Å²) in [6.45, 7) is 3.94. The third kappa shape index (κ3) is 4.31. The first-order valence-electron chi connectivity index (χ1n) is 10.1. The van der Waals surface area contributed by atoms with Crippen molar-refractivity contribution in [2.24, 2.45) is 5.92 Å². The second-order valence-corrected chi connectivity index (χ2v) is 8.38. The first kappa shape index (κ1) is 19.2. The zero-order chi connectivity index (χ0) is 19.3. The van der Waals surface area contributed by atoms with Crippen molar-refractivity contribution in [3.63, 3.8) is 0 Å². The summed E-state index contributed by atoms with van der Waals surface area (Å²) in [7, 11) is 0. The number of likely N-dealkylation sites (tertiary alicyclic amines) is 2. The minimum atomic E-state index is -0.0256. The summed E-state index contributed by atoms with van der Waals surface area (Å²) >= 11 is 1.53. The minimum absolute atomic E-state index is 0.0256. The first-order chi connectivity index (χ1) is 13.7. The molecular weight excluding hydrogens is 374 g/mol. The van der Waals surface area contributed by atoms with Crippen LogP contribution >= 0.6 is 11.3 Å². The van der Waals surface area contributed by atoms with Crippen LogP contribution in [0, 0.1) is 5.92 Å². The number of furan rings is 1. The molecule has 0 saturated carbocycles. The molecule has 2 aromatic heterocycles. The quantitative estimate of drug-likeness (QED) is 0.808. The van der Waals surface area contributed by atoms with Crippen molar-refractivity contribution in [2.45, 2.75) is 31.7 Å². The lowest BCUT2D eigenvalue weighted by Gasteiger charge is -2.32. The highest BCUT2D eigenvalue weighted by atomic mass is 32.1. The number of hydrogen-bond acceptors (Lipinski definition) is 5. The standard InChI is InChI=1S/C21H27N3O3S/c25-20(16-5-10-24(11-6-16)21(26)17-7-13-28-15-17)22-14-18(19-4-3-12-27-19)23-8-1-2-9-23/h3-4,7,12-13,15-16,18H,1-2,5-6,8-11,14H2,(H,22,25)/t18-/m1/s1. The van der Waals surface area contributed by atoms with Gasteiger partial charge in [-0.2, -0.15) is 11.3 Å². The lowest BCUT2D eigenvalue weighted by molar-refractivity contribution is -0.126. The van der Waals surface area contributed by atoms with Crippen molar-refractivity contribution in [3.8, 4) is 0 Å². The Morgan fingerprint density at radius 1 is 1.18 bits per heavy atom. The molecule has 150 valence electrons. The maximum Gasteiger partial charge on any atom is 0.254 e. The Labute approximate surface area is 169 Å². The van der Waals surface area contributed by atoms with Crippen molar-refractivity contribution in [2.75, 3.05) is 32.7 Å². The molecule has 0 spiro atoms. The van der Waals surface area contributed by atoms with Gasteiger partial charge in [-0.25, -0.2) is 0 Å². The van der Waals surface area contributed by atoms with Gasteiger partial charge < -0.3 is 14.6 Å². The number of nitrogens with one attached hydrogen (secondary N) is 1. The number of rotatable bonds is 6. The normalized spacial score (nSPS) is 19.6. The van der Waals surface area contributed by atoms with E-state index in [1.54, 1.807) is 6.26 Å². The maximum absolute atomic E-state index is 12.7. The fourth-order valence-corrected chi connectivity index (χ4v) is 4.83. The molecule has 2 amide bonds. The van der Waals surface area contributed by atoms with Gasteiger partial charge in [-0.3, -0.25) is 14.5 Å². The zero-order valence-electron chi connectivity index (χ0n) is 16.0. The highest BCUT2D eigenvalue weighted by Crippen LogP contribution is 2.26. The number of hydrogen-bond donors (Lipinski definition) is 1. The Morgan fingerprint density at radius 2 is 1.96 bits per heavy atom. The van der Waals surface area contributed by atoms with Gasteiger partial charge in [-0.05, 0) is 62.4 Å². The van der Waals surface area contributed by atoms with E-state index in [4.69, 9.17) is 4.42 Å². The minimum Gasteiger partial charge on any atom is -0.468 e. The van der Waals surface area contributed by atoms with Crippen molar-refractivity contribution in [3.05, 3.63) is 46.5 Å². The number of amides is 2. The van der Waals surface area contributed by atoms with Gasteiger partial charge in [0.15, 0.2) is 0 Å². The third-order valence-electron chi connectivity index (χ3n) is 5.84. The van der Waals surface area contributed by atoms with Crippen molar-refractivity contribution in [1.29, 1.82) is 0 Å². The van der Waals surface area contributed by atoms with Gasteiger partial charge in [0.25, 0.3) is 5.91 Å². The number of thiophene rings is 1. The van der Waals surface area contributed by atoms with E-state index in [1.165, 1.54) is 24.2 Å². The molecule has 2 aliphatic rings. The predicted molar refractivity (Wildman–Crippen MR) is 108 cm³/mol. The van der Waals surface area contributed by atoms with Crippen LogP contribution < -0.4 is 5.32 Å². The predicted octanol–water partition coefficient (Wildman–Crippen LogP) is 3.15. The highest BCUT2D eigenvalue weighted by molar-refractivity contribution is 7.08. The Balaban J connectivity index is 1.28. The van der Waals surface area contributed by atoms with Gasteiger partial charge in [-0.1, -0.05) is 0 Å². The topological polar surface area (TPSA) is 65.8 Å². The first-order valence-corrected chi connectivity index (χ1v) is 11.0. The number of carbonyl (C=O) groups excluding carboxylic acids is 2. The molecule has 0 aliphatic carbocycles. The monoisotopic (exact) mass is 401 g/mol. The fourth-order valence-electron chi connectivity index (χ4n) is 4.20. The SMILES string of the molecule is O=C(NC[C@H](c1ccco1)N1CCCC1)C1CCN(C(=O)c2ccsc2)CC1. The summed E-state index contributed by atoms with van der Waals surface area (Å²) in [6, 6.07) is 5.85. The molecule has 2 fully saturated rings. The Morgan fingerprint density at radius 3 is 2.61 bits per heavy atom. The lowest BCUT2D eigenvalue weighted by atomic mass is 9.95. The molecular formula is C21H27N3O3S. The molecule has 0 bridgehead atoms. The largest absolute Gasteiger partial charge is 0.468 e. The van der Waals surface area contributed by atoms with Gasteiger partial charge in [0.05, 0.1) is 17.9 Å². The van der Waals surface area contributed by atoms with E-state index in [0.717, 1.165) is 37.3 Å². The molecule has 1 atom stereocenters. The van der Waals surface area contributed by atoms with Crippen molar-refractivity contribution in [1.82, 2.24) is 15.1 Å². The van der Waals surface area contributed by atoms with E-state index in [2.05, 4.69) is 10.2 Å². The molecule has 0 aromatic carbocycles. The molecule has 2 saturated heterocycles. The molecule has 4 heterocycles. The van der Waals surface area contributed by atoms with Gasteiger partial charge in [0, 0.05) is 30.9 Å². The van der Waals surface area contributed by atoms with Crippen LogP contribution in [0.1, 0.15) is 47.8 Å². The average molecular weight is 402 g/mol. The van der Waals surface area contributed by atoms with Crippen LogP contribution in [0.25, 0.3) is 0 Å². The number of nitrogens with zero attached hydrogens (tertiary/aromatic N) is 2. The van der Waals surface area contributed by atoms with E-state index in [1.807, 2.05) is 33.9 Å². The highest BCUT2D eigenvalue weighted by Gasteiger charge is 2.30. The summed E-state index contributed by atoms with van der Waals surface area (Å²) < 4.78 is 5.63. The molecule has 28 heavy (non-hydrogen) atoms. The summed E-state index contributed by atoms with van der Waals surface area (Å²) in [5, 5.41) is 6.95.